The molecule has 2 heterocycles. The molecule has 29 heavy (non-hydrogen) atoms. The number of benzene rings is 3. The minimum Gasteiger partial charge on any atom is -0.368 e. The minimum atomic E-state index is -3.92. The number of rotatable bonds is 3. The Bertz CT molecular complexity index is 1370. The van der Waals surface area contributed by atoms with Gasteiger partial charge in [0, 0.05) is 23.0 Å². The summed E-state index contributed by atoms with van der Waals surface area (Å²) in [5.41, 5.74) is 8.31. The lowest BCUT2D eigenvalue weighted by Crippen LogP contribution is -2.50. The zero-order valence-corrected chi connectivity index (χ0v) is 16.3. The van der Waals surface area contributed by atoms with Gasteiger partial charge in [0.05, 0.1) is 11.4 Å². The van der Waals surface area contributed by atoms with Gasteiger partial charge in [-0.25, -0.2) is 8.42 Å². The van der Waals surface area contributed by atoms with E-state index < -0.39 is 22.0 Å². The average Bonchev–Trinajstić information content (AvgIpc) is 3.10. The predicted molar refractivity (Wildman–Crippen MR) is 112 cm³/mol. The highest BCUT2D eigenvalue weighted by Gasteiger charge is 2.40. The predicted octanol–water partition coefficient (Wildman–Crippen LogP) is 2.92. The number of aromatic nitrogens is 1. The van der Waals surface area contributed by atoms with Gasteiger partial charge in [-0.15, -0.1) is 0 Å². The summed E-state index contributed by atoms with van der Waals surface area (Å²) in [5, 5.41) is 2.78. The molecule has 1 aliphatic rings. The number of hydrogen-bond donors (Lipinski definition) is 2. The Kier molecular flexibility index (Phi) is 3.97. The van der Waals surface area contributed by atoms with Crippen LogP contribution in [0, 0.1) is 0 Å². The van der Waals surface area contributed by atoms with Crippen molar-refractivity contribution in [3.05, 3.63) is 78.0 Å². The molecule has 1 aromatic heterocycles. The van der Waals surface area contributed by atoms with Crippen LogP contribution >= 0.6 is 0 Å². The van der Waals surface area contributed by atoms with E-state index in [-0.39, 0.29) is 17.9 Å². The van der Waals surface area contributed by atoms with Crippen molar-refractivity contribution in [3.63, 3.8) is 0 Å². The number of H-pyrrole nitrogens is 1. The number of carbonyl (C=O) groups excluding carboxylic acids is 1. The molecule has 3 N–H and O–H groups in total. The third-order valence-electron chi connectivity index (χ3n) is 5.62. The maximum atomic E-state index is 13.5. The SMILES string of the molecule is NC(=O)C1Cc2c([nH]c3ccccc23)CN1S(=O)(=O)c1ccc2ccccc2c1. The highest BCUT2D eigenvalue weighted by atomic mass is 32.2. The lowest BCUT2D eigenvalue weighted by Gasteiger charge is -2.32. The summed E-state index contributed by atoms with van der Waals surface area (Å²) in [6.45, 7) is 0.0762. The number of carbonyl (C=O) groups is 1. The summed E-state index contributed by atoms with van der Waals surface area (Å²) in [6.07, 6.45) is 0.251. The fourth-order valence-corrected chi connectivity index (χ4v) is 5.74. The zero-order chi connectivity index (χ0) is 20.2. The van der Waals surface area contributed by atoms with Gasteiger partial charge in [0.1, 0.15) is 6.04 Å². The maximum absolute atomic E-state index is 13.5. The standard InChI is InChI=1S/C22H19N3O3S/c23-22(26)21-12-18-17-7-3-4-8-19(17)24-20(18)13-25(21)29(27,28)16-10-9-14-5-1-2-6-15(14)11-16/h1-11,21,24H,12-13H2,(H2,23,26). The molecule has 0 fully saturated rings. The fourth-order valence-electron chi connectivity index (χ4n) is 4.14. The van der Waals surface area contributed by atoms with Gasteiger partial charge in [0.25, 0.3) is 0 Å². The Hall–Kier alpha value is -3.16. The average molecular weight is 405 g/mol. The molecule has 4 aromatic rings. The molecular weight excluding hydrogens is 386 g/mol. The second-order valence-corrected chi connectivity index (χ2v) is 9.20. The van der Waals surface area contributed by atoms with Gasteiger partial charge >= 0.3 is 0 Å². The first-order valence-corrected chi connectivity index (χ1v) is 10.8. The third-order valence-corrected chi connectivity index (χ3v) is 7.47. The number of para-hydroxylation sites is 1. The first-order chi connectivity index (χ1) is 13.9. The lowest BCUT2D eigenvalue weighted by atomic mass is 9.98. The molecule has 0 radical (unpaired) electrons. The van der Waals surface area contributed by atoms with E-state index >= 15 is 0 Å². The van der Waals surface area contributed by atoms with Crippen molar-refractivity contribution in [2.45, 2.75) is 23.9 Å². The summed E-state index contributed by atoms with van der Waals surface area (Å²) in [7, 11) is -3.92. The molecule has 5 rings (SSSR count). The van der Waals surface area contributed by atoms with Crippen LogP contribution in [0.5, 0.6) is 0 Å². The molecule has 1 unspecified atom stereocenters. The second kappa shape index (κ2) is 6.43. The van der Waals surface area contributed by atoms with Gasteiger partial charge in [-0.3, -0.25) is 4.79 Å². The summed E-state index contributed by atoms with van der Waals surface area (Å²) < 4.78 is 28.2. The van der Waals surface area contributed by atoms with Crippen LogP contribution in [0.2, 0.25) is 0 Å². The summed E-state index contributed by atoms with van der Waals surface area (Å²) in [6, 6.07) is 19.4. The van der Waals surface area contributed by atoms with E-state index in [1.807, 2.05) is 48.5 Å². The Balaban J connectivity index is 1.63. The Morgan fingerprint density at radius 3 is 2.52 bits per heavy atom. The molecule has 1 amide bonds. The van der Waals surface area contributed by atoms with Crippen molar-refractivity contribution in [2.24, 2.45) is 5.73 Å². The summed E-state index contributed by atoms with van der Waals surface area (Å²) in [5.74, 6) is -0.648. The number of fused-ring (bicyclic) bond motifs is 4. The number of nitrogens with two attached hydrogens (primary N) is 1. The number of nitrogens with zero attached hydrogens (tertiary/aromatic N) is 1. The van der Waals surface area contributed by atoms with E-state index in [0.29, 0.717) is 0 Å². The topological polar surface area (TPSA) is 96.3 Å². The highest BCUT2D eigenvalue weighted by Crippen LogP contribution is 2.34. The van der Waals surface area contributed by atoms with E-state index in [4.69, 9.17) is 5.73 Å². The van der Waals surface area contributed by atoms with E-state index in [2.05, 4.69) is 4.98 Å². The molecule has 1 aliphatic heterocycles. The molecule has 0 spiro atoms. The number of sulfonamides is 1. The van der Waals surface area contributed by atoms with Gasteiger partial charge in [-0.1, -0.05) is 48.5 Å². The lowest BCUT2D eigenvalue weighted by molar-refractivity contribution is -0.122. The monoisotopic (exact) mass is 405 g/mol. The number of aromatic amines is 1. The second-order valence-electron chi connectivity index (χ2n) is 7.31. The molecule has 3 aromatic carbocycles. The Morgan fingerprint density at radius 2 is 1.72 bits per heavy atom. The van der Waals surface area contributed by atoms with Crippen LogP contribution in [0.4, 0.5) is 0 Å². The molecular formula is C22H19N3O3S. The molecule has 6 nitrogen and oxygen atoms in total. The zero-order valence-electron chi connectivity index (χ0n) is 15.5. The number of hydrogen-bond acceptors (Lipinski definition) is 3. The summed E-state index contributed by atoms with van der Waals surface area (Å²) >= 11 is 0. The molecule has 146 valence electrons. The van der Waals surface area contributed by atoms with Crippen molar-refractivity contribution in [2.75, 3.05) is 0 Å². The van der Waals surface area contributed by atoms with Crippen LogP contribution in [0.25, 0.3) is 21.7 Å². The third kappa shape index (κ3) is 2.82. The van der Waals surface area contributed by atoms with Crippen LogP contribution in [-0.2, 0) is 27.8 Å². The van der Waals surface area contributed by atoms with Crippen LogP contribution in [0.3, 0.4) is 0 Å². The fraction of sp³-hybridized carbons (Fsp3) is 0.136. The molecule has 7 heteroatoms. The van der Waals surface area contributed by atoms with Crippen LogP contribution in [0.15, 0.2) is 71.6 Å². The van der Waals surface area contributed by atoms with Crippen LogP contribution in [0.1, 0.15) is 11.3 Å². The van der Waals surface area contributed by atoms with E-state index in [0.717, 1.165) is 32.9 Å². The number of nitrogens with one attached hydrogen (secondary N) is 1. The minimum absolute atomic E-state index is 0.0762. The molecule has 0 saturated carbocycles. The van der Waals surface area contributed by atoms with Gasteiger partial charge < -0.3 is 10.7 Å². The van der Waals surface area contributed by atoms with E-state index in [1.54, 1.807) is 18.2 Å². The van der Waals surface area contributed by atoms with Gasteiger partial charge in [0.15, 0.2) is 0 Å². The van der Waals surface area contributed by atoms with E-state index in [1.165, 1.54) is 4.31 Å². The highest BCUT2D eigenvalue weighted by molar-refractivity contribution is 7.89. The first-order valence-electron chi connectivity index (χ1n) is 9.33. The van der Waals surface area contributed by atoms with E-state index in [9.17, 15) is 13.2 Å². The normalized spacial score (nSPS) is 17.4. The first kappa shape index (κ1) is 17.9. The molecule has 0 bridgehead atoms. The molecule has 1 atom stereocenters. The Morgan fingerprint density at radius 1 is 1.00 bits per heavy atom. The maximum Gasteiger partial charge on any atom is 0.244 e. The van der Waals surface area contributed by atoms with Gasteiger partial charge in [0.2, 0.25) is 15.9 Å². The van der Waals surface area contributed by atoms with Crippen LogP contribution in [-0.4, -0.2) is 29.7 Å². The quantitative estimate of drug-likeness (QED) is 0.548. The van der Waals surface area contributed by atoms with Crippen molar-refractivity contribution < 1.29 is 13.2 Å². The smallest absolute Gasteiger partial charge is 0.244 e. The van der Waals surface area contributed by atoms with Gasteiger partial charge in [-0.2, -0.15) is 4.31 Å². The molecule has 0 aliphatic carbocycles. The number of amides is 1. The van der Waals surface area contributed by atoms with Crippen molar-refractivity contribution in [1.82, 2.24) is 9.29 Å². The molecule has 0 saturated heterocycles. The summed E-state index contributed by atoms with van der Waals surface area (Å²) in [4.78, 5) is 15.7. The van der Waals surface area contributed by atoms with Crippen molar-refractivity contribution in [1.29, 1.82) is 0 Å². The van der Waals surface area contributed by atoms with Gasteiger partial charge in [-0.05, 0) is 34.5 Å². The van der Waals surface area contributed by atoms with Crippen LogP contribution < -0.4 is 5.73 Å². The Labute approximate surface area is 168 Å². The van der Waals surface area contributed by atoms with Crippen molar-refractivity contribution >= 4 is 37.6 Å². The van der Waals surface area contributed by atoms with Crippen molar-refractivity contribution in [3.8, 4) is 0 Å². The number of primary amides is 1. The largest absolute Gasteiger partial charge is 0.368 e.